The van der Waals surface area contributed by atoms with E-state index in [2.05, 4.69) is 5.10 Å². The Labute approximate surface area is 145 Å². The van der Waals surface area contributed by atoms with E-state index in [1.807, 2.05) is 54.6 Å². The quantitative estimate of drug-likeness (QED) is 0.799. The molecule has 2 N–H and O–H groups in total. The number of benzene rings is 2. The van der Waals surface area contributed by atoms with Crippen LogP contribution in [-0.4, -0.2) is 29.3 Å². The predicted molar refractivity (Wildman–Crippen MR) is 96.4 cm³/mol. The average molecular weight is 334 g/mol. The molecule has 1 amide bonds. The van der Waals surface area contributed by atoms with E-state index in [1.54, 1.807) is 16.7 Å². The highest BCUT2D eigenvalue weighted by Gasteiger charge is 2.31. The molecule has 0 saturated heterocycles. The van der Waals surface area contributed by atoms with Crippen molar-refractivity contribution >= 4 is 17.4 Å². The van der Waals surface area contributed by atoms with Gasteiger partial charge in [-0.1, -0.05) is 18.2 Å². The Morgan fingerprint density at radius 1 is 1.04 bits per heavy atom. The molecule has 6 nitrogen and oxygen atoms in total. The molecule has 0 saturated carbocycles. The van der Waals surface area contributed by atoms with Gasteiger partial charge in [0.05, 0.1) is 12.8 Å². The summed E-state index contributed by atoms with van der Waals surface area (Å²) in [5.74, 6) is 1.16. The Balaban J connectivity index is 1.71. The standard InChI is InChI=1S/C19H18N4O2/c1-25-15-9-7-13(8-10-15)22-12-11-16-17(19(22)24)21-23(18(16)20)14-5-3-2-4-6-14/h2-10H,11-12,20H2,1H3. The SMILES string of the molecule is COc1ccc(N2CCc3c(nn(-c4ccccc4)c3N)C2=O)cc1. The van der Waals surface area contributed by atoms with Crippen molar-refractivity contribution in [1.82, 2.24) is 9.78 Å². The summed E-state index contributed by atoms with van der Waals surface area (Å²) in [7, 11) is 1.62. The zero-order valence-corrected chi connectivity index (χ0v) is 13.8. The van der Waals surface area contributed by atoms with Crippen LogP contribution in [0.3, 0.4) is 0 Å². The first kappa shape index (κ1) is 15.3. The van der Waals surface area contributed by atoms with Gasteiger partial charge in [0.1, 0.15) is 11.6 Å². The number of para-hydroxylation sites is 1. The Bertz CT molecular complexity index is 917. The van der Waals surface area contributed by atoms with Crippen LogP contribution < -0.4 is 15.4 Å². The third-order valence-corrected chi connectivity index (χ3v) is 4.44. The second-order valence-electron chi connectivity index (χ2n) is 5.86. The molecule has 3 aromatic rings. The third kappa shape index (κ3) is 2.52. The van der Waals surface area contributed by atoms with Crippen LogP contribution in [0.25, 0.3) is 5.69 Å². The van der Waals surface area contributed by atoms with Gasteiger partial charge in [-0.05, 0) is 42.8 Å². The fourth-order valence-corrected chi connectivity index (χ4v) is 3.11. The van der Waals surface area contributed by atoms with Crippen LogP contribution in [-0.2, 0) is 6.42 Å². The van der Waals surface area contributed by atoms with Gasteiger partial charge >= 0.3 is 0 Å². The Kier molecular flexibility index (Phi) is 3.65. The lowest BCUT2D eigenvalue weighted by Crippen LogP contribution is -2.37. The largest absolute Gasteiger partial charge is 0.497 e. The van der Waals surface area contributed by atoms with Gasteiger partial charge in [-0.2, -0.15) is 5.10 Å². The number of ether oxygens (including phenoxy) is 1. The molecule has 25 heavy (non-hydrogen) atoms. The first-order valence-corrected chi connectivity index (χ1v) is 8.08. The number of hydrogen-bond donors (Lipinski definition) is 1. The van der Waals surface area contributed by atoms with Crippen LogP contribution in [0.1, 0.15) is 16.1 Å². The van der Waals surface area contributed by atoms with Crippen LogP contribution in [0.4, 0.5) is 11.5 Å². The summed E-state index contributed by atoms with van der Waals surface area (Å²) in [5.41, 5.74) is 9.16. The van der Waals surface area contributed by atoms with Gasteiger partial charge in [0.25, 0.3) is 5.91 Å². The van der Waals surface area contributed by atoms with E-state index in [-0.39, 0.29) is 5.91 Å². The number of nitrogens with zero attached hydrogens (tertiary/aromatic N) is 3. The number of amides is 1. The average Bonchev–Trinajstić information content (AvgIpc) is 3.01. The van der Waals surface area contributed by atoms with E-state index in [1.165, 1.54) is 0 Å². The fourth-order valence-electron chi connectivity index (χ4n) is 3.11. The molecule has 2 aromatic carbocycles. The number of anilines is 2. The highest BCUT2D eigenvalue weighted by Crippen LogP contribution is 2.29. The topological polar surface area (TPSA) is 73.4 Å². The van der Waals surface area contributed by atoms with Gasteiger partial charge in [-0.3, -0.25) is 4.79 Å². The number of nitrogens with two attached hydrogens (primary N) is 1. The molecule has 1 aromatic heterocycles. The van der Waals surface area contributed by atoms with Gasteiger partial charge in [0, 0.05) is 17.8 Å². The van der Waals surface area contributed by atoms with E-state index in [9.17, 15) is 4.79 Å². The molecule has 126 valence electrons. The molecule has 4 rings (SSSR count). The molecule has 0 bridgehead atoms. The second kappa shape index (κ2) is 5.98. The molecule has 0 unspecified atom stereocenters. The van der Waals surface area contributed by atoms with Crippen molar-refractivity contribution in [1.29, 1.82) is 0 Å². The number of carbonyl (C=O) groups is 1. The summed E-state index contributed by atoms with van der Waals surface area (Å²) in [6, 6.07) is 17.0. The molecular weight excluding hydrogens is 316 g/mol. The van der Waals surface area contributed by atoms with E-state index in [4.69, 9.17) is 10.5 Å². The van der Waals surface area contributed by atoms with Crippen molar-refractivity contribution < 1.29 is 9.53 Å². The lowest BCUT2D eigenvalue weighted by atomic mass is 10.1. The molecule has 0 spiro atoms. The van der Waals surface area contributed by atoms with Crippen LogP contribution in [0.5, 0.6) is 5.75 Å². The lowest BCUT2D eigenvalue weighted by Gasteiger charge is -2.26. The normalized spacial score (nSPS) is 13.6. The number of fused-ring (bicyclic) bond motifs is 1. The van der Waals surface area contributed by atoms with Crippen LogP contribution in [0.15, 0.2) is 54.6 Å². The van der Waals surface area contributed by atoms with Gasteiger partial charge in [-0.25, -0.2) is 4.68 Å². The summed E-state index contributed by atoms with van der Waals surface area (Å²) in [6.45, 7) is 0.572. The molecule has 1 aliphatic rings. The van der Waals surface area contributed by atoms with Crippen molar-refractivity contribution in [2.75, 3.05) is 24.3 Å². The second-order valence-corrected chi connectivity index (χ2v) is 5.86. The summed E-state index contributed by atoms with van der Waals surface area (Å²) >= 11 is 0. The summed E-state index contributed by atoms with van der Waals surface area (Å²) < 4.78 is 6.81. The van der Waals surface area contributed by atoms with Gasteiger partial charge in [-0.15, -0.1) is 0 Å². The van der Waals surface area contributed by atoms with Gasteiger partial charge in [0.15, 0.2) is 5.69 Å². The van der Waals surface area contributed by atoms with E-state index in [0.29, 0.717) is 24.5 Å². The highest BCUT2D eigenvalue weighted by atomic mass is 16.5. The lowest BCUT2D eigenvalue weighted by molar-refractivity contribution is 0.0975. The minimum atomic E-state index is -0.132. The fraction of sp³-hybridized carbons (Fsp3) is 0.158. The number of rotatable bonds is 3. The van der Waals surface area contributed by atoms with Crippen LogP contribution in [0, 0.1) is 0 Å². The molecule has 0 aliphatic carbocycles. The van der Waals surface area contributed by atoms with Crippen molar-refractivity contribution in [2.24, 2.45) is 0 Å². The first-order valence-electron chi connectivity index (χ1n) is 8.08. The zero-order valence-electron chi connectivity index (χ0n) is 13.8. The monoisotopic (exact) mass is 334 g/mol. The Hall–Kier alpha value is -3.28. The number of hydrogen-bond acceptors (Lipinski definition) is 4. The summed E-state index contributed by atoms with van der Waals surface area (Å²) in [5, 5.41) is 4.49. The number of carbonyl (C=O) groups excluding carboxylic acids is 1. The molecule has 1 aliphatic heterocycles. The maximum absolute atomic E-state index is 12.9. The number of methoxy groups -OCH3 is 1. The first-order chi connectivity index (χ1) is 12.2. The van der Waals surface area contributed by atoms with Crippen molar-refractivity contribution in [2.45, 2.75) is 6.42 Å². The minimum absolute atomic E-state index is 0.132. The maximum Gasteiger partial charge on any atom is 0.279 e. The highest BCUT2D eigenvalue weighted by molar-refractivity contribution is 6.07. The predicted octanol–water partition coefficient (Wildman–Crippen LogP) is 2.67. The summed E-state index contributed by atoms with van der Waals surface area (Å²) in [6.07, 6.45) is 0.672. The zero-order chi connectivity index (χ0) is 17.4. The van der Waals surface area contributed by atoms with Crippen LogP contribution in [0.2, 0.25) is 0 Å². The van der Waals surface area contributed by atoms with Crippen molar-refractivity contribution in [3.05, 3.63) is 65.9 Å². The van der Waals surface area contributed by atoms with E-state index in [0.717, 1.165) is 22.7 Å². The summed E-state index contributed by atoms with van der Waals surface area (Å²) in [4.78, 5) is 14.7. The van der Waals surface area contributed by atoms with Gasteiger partial charge < -0.3 is 15.4 Å². The molecule has 2 heterocycles. The third-order valence-electron chi connectivity index (χ3n) is 4.44. The van der Waals surface area contributed by atoms with Gasteiger partial charge in [0.2, 0.25) is 0 Å². The van der Waals surface area contributed by atoms with Crippen LogP contribution >= 0.6 is 0 Å². The number of aromatic nitrogens is 2. The van der Waals surface area contributed by atoms with Crippen molar-refractivity contribution in [3.8, 4) is 11.4 Å². The molecule has 0 atom stereocenters. The Morgan fingerprint density at radius 2 is 1.76 bits per heavy atom. The maximum atomic E-state index is 12.9. The molecule has 6 heteroatoms. The number of nitrogen functional groups attached to an aromatic ring is 1. The molecular formula is C19H18N4O2. The smallest absolute Gasteiger partial charge is 0.279 e. The van der Waals surface area contributed by atoms with E-state index < -0.39 is 0 Å². The van der Waals surface area contributed by atoms with E-state index >= 15 is 0 Å². The van der Waals surface area contributed by atoms with Crippen molar-refractivity contribution in [3.63, 3.8) is 0 Å². The Morgan fingerprint density at radius 3 is 2.44 bits per heavy atom. The molecule has 0 fully saturated rings. The minimum Gasteiger partial charge on any atom is -0.497 e. The molecule has 0 radical (unpaired) electrons.